The molecule has 28 heavy (non-hydrogen) atoms. The Bertz CT molecular complexity index is 729. The van der Waals surface area contributed by atoms with Crippen molar-refractivity contribution in [1.82, 2.24) is 0 Å². The number of benzene rings is 2. The van der Waals surface area contributed by atoms with Crippen LogP contribution in [0.1, 0.15) is 65.7 Å². The highest BCUT2D eigenvalue weighted by Crippen LogP contribution is 2.36. The molecule has 0 radical (unpaired) electrons. The van der Waals surface area contributed by atoms with Gasteiger partial charge in [-0.3, -0.25) is 4.79 Å². The first-order chi connectivity index (χ1) is 13.3. The minimum absolute atomic E-state index is 0.137. The lowest BCUT2D eigenvalue weighted by atomic mass is 9.79. The molecule has 0 aromatic heterocycles. The zero-order valence-corrected chi connectivity index (χ0v) is 18.5. The van der Waals surface area contributed by atoms with Crippen LogP contribution in [-0.4, -0.2) is 24.2 Å². The third kappa shape index (κ3) is 5.70. The Kier molecular flexibility index (Phi) is 8.93. The van der Waals surface area contributed by atoms with Crippen LogP contribution in [0, 0.1) is 0 Å². The van der Waals surface area contributed by atoms with Crippen LogP contribution in [0.3, 0.4) is 0 Å². The number of anilines is 1. The predicted molar refractivity (Wildman–Crippen MR) is 119 cm³/mol. The van der Waals surface area contributed by atoms with Gasteiger partial charge in [-0.1, -0.05) is 58.0 Å². The zero-order valence-electron chi connectivity index (χ0n) is 18.5. The molecule has 1 saturated heterocycles. The summed E-state index contributed by atoms with van der Waals surface area (Å²) < 4.78 is 12.1. The molecule has 1 heterocycles. The molecule has 3 rings (SSSR count). The Morgan fingerprint density at radius 2 is 1.36 bits per heavy atom. The largest absolute Gasteiger partial charge is 0.494 e. The maximum absolute atomic E-state index is 12.3. The minimum atomic E-state index is -0.441. The Labute approximate surface area is 170 Å². The van der Waals surface area contributed by atoms with Gasteiger partial charge in [-0.25, -0.2) is 0 Å². The normalized spacial score (nSPS) is 16.2. The molecule has 1 fully saturated rings. The molecule has 2 aromatic rings. The summed E-state index contributed by atoms with van der Waals surface area (Å²) in [6.45, 7) is 16.1. The fraction of sp³-hybridized carbons (Fsp3) is 0.435. The number of carbonyl (C=O) groups is 1. The standard InChI is InChI=1S/C19H22BNO3.2C2H6/c1-18(2)19(3,4)24-20(23-18)15-11-8-12-16(13-15)21-17(22)14-9-6-5-7-10-14;2*1-2/h5-13H,1-4H3,(H,21,22);2*1-2H3. The van der Waals surface area contributed by atoms with Crippen LogP contribution >= 0.6 is 0 Å². The van der Waals surface area contributed by atoms with E-state index in [-0.39, 0.29) is 17.1 Å². The predicted octanol–water partition coefficient (Wildman–Crippen LogP) is 5.29. The summed E-state index contributed by atoms with van der Waals surface area (Å²) in [7, 11) is -0.441. The van der Waals surface area contributed by atoms with E-state index in [2.05, 4.69) is 5.32 Å². The number of carbonyl (C=O) groups excluding carboxylic acids is 1. The van der Waals surface area contributed by atoms with Crippen molar-refractivity contribution in [3.8, 4) is 0 Å². The Balaban J connectivity index is 0.000000921. The highest BCUT2D eigenvalue weighted by molar-refractivity contribution is 6.62. The number of amides is 1. The highest BCUT2D eigenvalue weighted by Gasteiger charge is 2.51. The topological polar surface area (TPSA) is 47.6 Å². The van der Waals surface area contributed by atoms with Gasteiger partial charge < -0.3 is 14.6 Å². The molecule has 1 amide bonds. The van der Waals surface area contributed by atoms with Gasteiger partial charge >= 0.3 is 7.12 Å². The molecule has 0 spiro atoms. The monoisotopic (exact) mass is 383 g/mol. The molecule has 152 valence electrons. The van der Waals surface area contributed by atoms with E-state index in [0.717, 1.165) is 11.2 Å². The molecule has 1 aliphatic rings. The van der Waals surface area contributed by atoms with Crippen LogP contribution in [0.5, 0.6) is 0 Å². The lowest BCUT2D eigenvalue weighted by molar-refractivity contribution is 0.00578. The third-order valence-electron chi connectivity index (χ3n) is 4.71. The van der Waals surface area contributed by atoms with Gasteiger partial charge in [0.2, 0.25) is 0 Å². The van der Waals surface area contributed by atoms with E-state index in [1.807, 2.05) is 97.9 Å². The van der Waals surface area contributed by atoms with Crippen LogP contribution in [-0.2, 0) is 9.31 Å². The van der Waals surface area contributed by atoms with Gasteiger partial charge in [-0.15, -0.1) is 0 Å². The number of hydrogen-bond donors (Lipinski definition) is 1. The maximum atomic E-state index is 12.3. The van der Waals surface area contributed by atoms with Gasteiger partial charge in [0.15, 0.2) is 0 Å². The molecule has 0 bridgehead atoms. The van der Waals surface area contributed by atoms with Gasteiger partial charge in [0.25, 0.3) is 5.91 Å². The van der Waals surface area contributed by atoms with Crippen molar-refractivity contribution in [2.75, 3.05) is 5.32 Å². The van der Waals surface area contributed by atoms with Crippen molar-refractivity contribution in [1.29, 1.82) is 0 Å². The molecular formula is C23H34BNO3. The van der Waals surface area contributed by atoms with Gasteiger partial charge in [0, 0.05) is 11.3 Å². The van der Waals surface area contributed by atoms with Crippen molar-refractivity contribution < 1.29 is 14.1 Å². The van der Waals surface area contributed by atoms with E-state index < -0.39 is 7.12 Å². The summed E-state index contributed by atoms with van der Waals surface area (Å²) in [6.07, 6.45) is 0. The second-order valence-electron chi connectivity index (χ2n) is 7.03. The minimum Gasteiger partial charge on any atom is -0.399 e. The van der Waals surface area contributed by atoms with Gasteiger partial charge in [-0.05, 0) is 57.4 Å². The fourth-order valence-electron chi connectivity index (χ4n) is 2.53. The van der Waals surface area contributed by atoms with Crippen LogP contribution in [0.4, 0.5) is 5.69 Å². The van der Waals surface area contributed by atoms with Crippen LogP contribution in [0.15, 0.2) is 54.6 Å². The summed E-state index contributed by atoms with van der Waals surface area (Å²) in [6, 6.07) is 16.7. The number of hydrogen-bond acceptors (Lipinski definition) is 3. The first-order valence-corrected chi connectivity index (χ1v) is 10.1. The second kappa shape index (κ2) is 10.4. The molecule has 4 nitrogen and oxygen atoms in total. The Morgan fingerprint density at radius 3 is 1.89 bits per heavy atom. The zero-order chi connectivity index (χ0) is 21.4. The van der Waals surface area contributed by atoms with Gasteiger partial charge in [-0.2, -0.15) is 0 Å². The Hall–Kier alpha value is -2.11. The summed E-state index contributed by atoms with van der Waals surface area (Å²) >= 11 is 0. The first kappa shape index (κ1) is 23.9. The molecule has 0 aliphatic carbocycles. The molecule has 1 aliphatic heterocycles. The molecular weight excluding hydrogens is 349 g/mol. The molecule has 5 heteroatoms. The molecule has 0 unspecified atom stereocenters. The lowest BCUT2D eigenvalue weighted by Gasteiger charge is -2.32. The second-order valence-corrected chi connectivity index (χ2v) is 7.03. The van der Waals surface area contributed by atoms with Gasteiger partial charge in [0.1, 0.15) is 0 Å². The first-order valence-electron chi connectivity index (χ1n) is 10.1. The van der Waals surface area contributed by atoms with Crippen LogP contribution < -0.4 is 10.8 Å². The molecule has 2 aromatic carbocycles. The van der Waals surface area contributed by atoms with Crippen molar-refractivity contribution in [2.45, 2.75) is 66.6 Å². The van der Waals surface area contributed by atoms with Crippen LogP contribution in [0.2, 0.25) is 0 Å². The van der Waals surface area contributed by atoms with Crippen LogP contribution in [0.25, 0.3) is 0 Å². The highest BCUT2D eigenvalue weighted by atomic mass is 16.7. The van der Waals surface area contributed by atoms with E-state index in [4.69, 9.17) is 9.31 Å². The van der Waals surface area contributed by atoms with E-state index in [0.29, 0.717) is 5.56 Å². The summed E-state index contributed by atoms with van der Waals surface area (Å²) in [4.78, 5) is 12.3. The van der Waals surface area contributed by atoms with E-state index in [1.165, 1.54) is 0 Å². The summed E-state index contributed by atoms with van der Waals surface area (Å²) in [5.41, 5.74) is 1.45. The SMILES string of the molecule is CC.CC.CC1(C)OB(c2cccc(NC(=O)c3ccccc3)c2)OC1(C)C. The number of nitrogens with one attached hydrogen (secondary N) is 1. The van der Waals surface area contributed by atoms with Crippen molar-refractivity contribution in [3.05, 3.63) is 60.2 Å². The third-order valence-corrected chi connectivity index (χ3v) is 4.71. The van der Waals surface area contributed by atoms with Crippen molar-refractivity contribution in [3.63, 3.8) is 0 Å². The molecule has 0 saturated carbocycles. The lowest BCUT2D eigenvalue weighted by Crippen LogP contribution is -2.41. The summed E-state index contributed by atoms with van der Waals surface area (Å²) in [5.74, 6) is -0.137. The van der Waals surface area contributed by atoms with E-state index >= 15 is 0 Å². The van der Waals surface area contributed by atoms with E-state index in [9.17, 15) is 4.79 Å². The summed E-state index contributed by atoms with van der Waals surface area (Å²) in [5, 5.41) is 2.91. The molecule has 0 atom stereocenters. The average molecular weight is 383 g/mol. The van der Waals surface area contributed by atoms with E-state index in [1.54, 1.807) is 12.1 Å². The fourth-order valence-corrected chi connectivity index (χ4v) is 2.53. The average Bonchev–Trinajstić information content (AvgIpc) is 2.93. The molecule has 1 N–H and O–H groups in total. The van der Waals surface area contributed by atoms with Gasteiger partial charge in [0.05, 0.1) is 11.2 Å². The quantitative estimate of drug-likeness (QED) is 0.733. The Morgan fingerprint density at radius 1 is 0.821 bits per heavy atom. The van der Waals surface area contributed by atoms with Crippen molar-refractivity contribution in [2.24, 2.45) is 0 Å². The smallest absolute Gasteiger partial charge is 0.399 e. The maximum Gasteiger partial charge on any atom is 0.494 e. The van der Waals surface area contributed by atoms with Crippen molar-refractivity contribution >= 4 is 24.2 Å². The number of rotatable bonds is 3.